The Labute approximate surface area is 179 Å². The molecule has 0 aliphatic heterocycles. The number of ether oxygens (including phenoxy) is 1. The maximum absolute atomic E-state index is 13.9. The maximum atomic E-state index is 13.9. The Balaban J connectivity index is 1.54. The van der Waals surface area contributed by atoms with Crippen molar-refractivity contribution in [3.8, 4) is 22.6 Å². The molecule has 0 aliphatic rings. The lowest BCUT2D eigenvalue weighted by molar-refractivity contribution is 0.0985. The molecular weight excluding hydrogens is 396 g/mol. The van der Waals surface area contributed by atoms with E-state index in [2.05, 4.69) is 4.98 Å². The third-order valence-electron chi connectivity index (χ3n) is 4.95. The first-order chi connectivity index (χ1) is 15.0. The molecule has 0 atom stereocenters. The largest absolute Gasteiger partial charge is 0.456 e. The number of aryl methyl sites for hydroxylation is 1. The molecule has 0 bridgehead atoms. The number of halogens is 2. The fraction of sp³-hybridized carbons (Fsp3) is 0.0769. The van der Waals surface area contributed by atoms with E-state index in [4.69, 9.17) is 4.74 Å². The third kappa shape index (κ3) is 4.67. The molecule has 0 N–H and O–H groups in total. The van der Waals surface area contributed by atoms with E-state index in [1.165, 1.54) is 6.07 Å². The Kier molecular flexibility index (Phi) is 5.85. The number of hydrogen-bond donors (Lipinski definition) is 0. The molecule has 0 fully saturated rings. The number of Topliss-reactive ketones (excluding diaryl/α,β-unsaturated/α-hetero) is 1. The Morgan fingerprint density at radius 3 is 2.32 bits per heavy atom. The molecule has 1 heterocycles. The molecule has 4 aromatic rings. The molecule has 0 saturated heterocycles. The van der Waals surface area contributed by atoms with Crippen LogP contribution in [0.4, 0.5) is 8.78 Å². The Bertz CT molecular complexity index is 1200. The van der Waals surface area contributed by atoms with Crippen LogP contribution in [-0.2, 0) is 6.42 Å². The van der Waals surface area contributed by atoms with Gasteiger partial charge in [0.1, 0.15) is 23.1 Å². The van der Waals surface area contributed by atoms with Crippen molar-refractivity contribution < 1.29 is 18.3 Å². The standard InChI is InChI=1S/C26H19F2NO2/c1-17-7-12-20(31-21-4-3-13-29-16-21)15-22(17)19-10-8-18(9-11-19)14-25(30)26-23(27)5-2-6-24(26)28/h2-13,15-16H,14H2,1H3. The highest BCUT2D eigenvalue weighted by molar-refractivity contribution is 5.98. The van der Waals surface area contributed by atoms with E-state index in [0.717, 1.165) is 28.8 Å². The second-order valence-corrected chi connectivity index (χ2v) is 7.16. The van der Waals surface area contributed by atoms with Crippen LogP contribution in [0.1, 0.15) is 21.5 Å². The van der Waals surface area contributed by atoms with E-state index in [9.17, 15) is 13.6 Å². The van der Waals surface area contributed by atoms with Crippen LogP contribution in [0.5, 0.6) is 11.5 Å². The van der Waals surface area contributed by atoms with Crippen LogP contribution in [0.2, 0.25) is 0 Å². The Morgan fingerprint density at radius 1 is 0.903 bits per heavy atom. The van der Waals surface area contributed by atoms with Gasteiger partial charge in [-0.25, -0.2) is 8.78 Å². The second kappa shape index (κ2) is 8.88. The first-order valence-corrected chi connectivity index (χ1v) is 9.76. The summed E-state index contributed by atoms with van der Waals surface area (Å²) >= 11 is 0. The molecule has 0 radical (unpaired) electrons. The number of aromatic nitrogens is 1. The quantitative estimate of drug-likeness (QED) is 0.335. The molecule has 4 rings (SSSR count). The van der Waals surface area contributed by atoms with Crippen molar-refractivity contribution in [3.05, 3.63) is 114 Å². The number of ketones is 1. The van der Waals surface area contributed by atoms with Gasteiger partial charge in [-0.3, -0.25) is 9.78 Å². The lowest BCUT2D eigenvalue weighted by atomic mass is 9.97. The number of rotatable bonds is 6. The van der Waals surface area contributed by atoms with E-state index >= 15 is 0 Å². The first-order valence-electron chi connectivity index (χ1n) is 9.76. The summed E-state index contributed by atoms with van der Waals surface area (Å²) in [6, 6.07) is 20.2. The van der Waals surface area contributed by atoms with Gasteiger partial charge in [-0.2, -0.15) is 0 Å². The smallest absolute Gasteiger partial charge is 0.173 e. The van der Waals surface area contributed by atoms with Crippen LogP contribution < -0.4 is 4.74 Å². The minimum absolute atomic E-state index is 0.0821. The minimum atomic E-state index is -0.845. The zero-order valence-corrected chi connectivity index (χ0v) is 16.8. The molecule has 31 heavy (non-hydrogen) atoms. The predicted octanol–water partition coefficient (Wildman–Crippen LogP) is 6.55. The molecule has 0 unspecified atom stereocenters. The molecule has 0 spiro atoms. The van der Waals surface area contributed by atoms with E-state index in [0.29, 0.717) is 17.1 Å². The summed E-state index contributed by atoms with van der Waals surface area (Å²) in [7, 11) is 0. The van der Waals surface area contributed by atoms with Gasteiger partial charge in [-0.15, -0.1) is 0 Å². The van der Waals surface area contributed by atoms with Crippen LogP contribution >= 0.6 is 0 Å². The highest BCUT2D eigenvalue weighted by Gasteiger charge is 2.17. The van der Waals surface area contributed by atoms with Crippen molar-refractivity contribution in [1.82, 2.24) is 4.98 Å². The van der Waals surface area contributed by atoms with Crippen LogP contribution in [0, 0.1) is 18.6 Å². The summed E-state index contributed by atoms with van der Waals surface area (Å²) in [5, 5.41) is 0. The van der Waals surface area contributed by atoms with Crippen molar-refractivity contribution in [2.24, 2.45) is 0 Å². The van der Waals surface area contributed by atoms with E-state index in [1.807, 2.05) is 43.3 Å². The summed E-state index contributed by atoms with van der Waals surface area (Å²) in [6.45, 7) is 2.00. The zero-order chi connectivity index (χ0) is 21.8. The van der Waals surface area contributed by atoms with Crippen molar-refractivity contribution in [3.63, 3.8) is 0 Å². The van der Waals surface area contributed by atoms with Gasteiger partial charge in [0.05, 0.1) is 11.8 Å². The van der Waals surface area contributed by atoms with Gasteiger partial charge < -0.3 is 4.74 Å². The van der Waals surface area contributed by atoms with E-state index in [1.54, 1.807) is 30.6 Å². The molecule has 5 heteroatoms. The molecule has 0 amide bonds. The Morgan fingerprint density at radius 2 is 1.65 bits per heavy atom. The van der Waals surface area contributed by atoms with Crippen LogP contribution in [0.15, 0.2) is 85.2 Å². The summed E-state index contributed by atoms with van der Waals surface area (Å²) in [6.07, 6.45) is 3.24. The monoisotopic (exact) mass is 415 g/mol. The predicted molar refractivity (Wildman–Crippen MR) is 115 cm³/mol. The van der Waals surface area contributed by atoms with Crippen molar-refractivity contribution in [2.75, 3.05) is 0 Å². The van der Waals surface area contributed by atoms with Gasteiger partial charge in [0.15, 0.2) is 5.78 Å². The average molecular weight is 415 g/mol. The highest BCUT2D eigenvalue weighted by Crippen LogP contribution is 2.30. The van der Waals surface area contributed by atoms with Crippen LogP contribution in [-0.4, -0.2) is 10.8 Å². The van der Waals surface area contributed by atoms with Gasteiger partial charge in [0, 0.05) is 12.6 Å². The van der Waals surface area contributed by atoms with Crippen molar-refractivity contribution in [1.29, 1.82) is 0 Å². The summed E-state index contributed by atoms with van der Waals surface area (Å²) in [5.74, 6) is -0.953. The summed E-state index contributed by atoms with van der Waals surface area (Å²) in [4.78, 5) is 16.4. The number of benzene rings is 3. The van der Waals surface area contributed by atoms with Crippen LogP contribution in [0.25, 0.3) is 11.1 Å². The Hall–Kier alpha value is -3.86. The maximum Gasteiger partial charge on any atom is 0.173 e. The number of carbonyl (C=O) groups is 1. The fourth-order valence-corrected chi connectivity index (χ4v) is 3.36. The van der Waals surface area contributed by atoms with Gasteiger partial charge in [0.25, 0.3) is 0 Å². The zero-order valence-electron chi connectivity index (χ0n) is 16.8. The minimum Gasteiger partial charge on any atom is -0.456 e. The first kappa shape index (κ1) is 20.4. The summed E-state index contributed by atoms with van der Waals surface area (Å²) < 4.78 is 33.6. The topological polar surface area (TPSA) is 39.2 Å². The lowest BCUT2D eigenvalue weighted by Gasteiger charge is -2.11. The number of hydrogen-bond acceptors (Lipinski definition) is 3. The molecule has 0 saturated carbocycles. The molecular formula is C26H19F2NO2. The fourth-order valence-electron chi connectivity index (χ4n) is 3.36. The van der Waals surface area contributed by atoms with Crippen molar-refractivity contribution >= 4 is 5.78 Å². The highest BCUT2D eigenvalue weighted by atomic mass is 19.1. The second-order valence-electron chi connectivity index (χ2n) is 7.16. The van der Waals surface area contributed by atoms with Crippen LogP contribution in [0.3, 0.4) is 0 Å². The van der Waals surface area contributed by atoms with Gasteiger partial charge in [-0.1, -0.05) is 36.4 Å². The van der Waals surface area contributed by atoms with Crippen molar-refractivity contribution in [2.45, 2.75) is 13.3 Å². The molecule has 3 aromatic carbocycles. The molecule has 154 valence electrons. The van der Waals surface area contributed by atoms with Gasteiger partial charge >= 0.3 is 0 Å². The SMILES string of the molecule is Cc1ccc(Oc2cccnc2)cc1-c1ccc(CC(=O)c2c(F)cccc2F)cc1. The number of carbonyl (C=O) groups excluding carboxylic acids is 1. The normalized spacial score (nSPS) is 10.7. The van der Waals surface area contributed by atoms with E-state index in [-0.39, 0.29) is 6.42 Å². The van der Waals surface area contributed by atoms with Gasteiger partial charge in [-0.05, 0) is 65.6 Å². The van der Waals surface area contributed by atoms with E-state index < -0.39 is 23.0 Å². The molecule has 3 nitrogen and oxygen atoms in total. The molecule has 0 aliphatic carbocycles. The summed E-state index contributed by atoms with van der Waals surface area (Å²) in [5.41, 5.74) is 3.18. The third-order valence-corrected chi connectivity index (χ3v) is 4.95. The average Bonchev–Trinajstić information content (AvgIpc) is 2.76. The number of pyridine rings is 1. The lowest BCUT2D eigenvalue weighted by Crippen LogP contribution is -2.09. The number of nitrogens with zero attached hydrogens (tertiary/aromatic N) is 1. The molecule has 1 aromatic heterocycles. The van der Waals surface area contributed by atoms with Gasteiger partial charge in [0.2, 0.25) is 0 Å².